The molecule has 106 valence electrons. The number of nitrogens with one attached hydrogen (secondary N) is 1. The van der Waals surface area contributed by atoms with Crippen molar-refractivity contribution >= 4 is 17.0 Å². The van der Waals surface area contributed by atoms with E-state index in [1.807, 2.05) is 37.3 Å². The molecule has 0 bridgehead atoms. The van der Waals surface area contributed by atoms with Crippen LogP contribution in [-0.4, -0.2) is 14.5 Å². The molecule has 0 aliphatic carbocycles. The van der Waals surface area contributed by atoms with Crippen LogP contribution in [0.25, 0.3) is 11.0 Å². The Labute approximate surface area is 121 Å². The molecular weight excluding hydrogens is 266 g/mol. The van der Waals surface area contributed by atoms with Crippen LogP contribution in [0.15, 0.2) is 47.4 Å². The first-order valence-corrected chi connectivity index (χ1v) is 6.57. The first-order valence-electron chi connectivity index (χ1n) is 6.57. The second-order valence-corrected chi connectivity index (χ2v) is 4.84. The minimum absolute atomic E-state index is 0.159. The number of nitrogens with zero attached hydrogens (tertiary/aromatic N) is 3. The quantitative estimate of drug-likeness (QED) is 0.560. The normalized spacial score (nSPS) is 10.8. The second-order valence-electron chi connectivity index (χ2n) is 4.84. The van der Waals surface area contributed by atoms with Crippen LogP contribution in [0.2, 0.25) is 0 Å². The molecule has 0 aliphatic heterocycles. The summed E-state index contributed by atoms with van der Waals surface area (Å²) in [4.78, 5) is 21.1. The fraction of sp³-hybridized carbons (Fsp3) is 0.133. The van der Waals surface area contributed by atoms with E-state index >= 15 is 0 Å². The van der Waals surface area contributed by atoms with Gasteiger partial charge in [-0.05, 0) is 24.1 Å². The van der Waals surface area contributed by atoms with Gasteiger partial charge < -0.3 is 0 Å². The van der Waals surface area contributed by atoms with Crippen LogP contribution in [0, 0.1) is 6.92 Å². The Hall–Kier alpha value is -2.73. The zero-order valence-corrected chi connectivity index (χ0v) is 11.6. The maximum Gasteiger partial charge on any atom is 0.264 e. The van der Waals surface area contributed by atoms with Crippen molar-refractivity contribution in [1.29, 1.82) is 0 Å². The molecule has 3 aromatic rings. The standard InChI is InChI=1S/C15H15N5O/c1-10-7-12-13(17-8-10)18-15(19-16)20(14(12)21)9-11-5-3-2-4-6-11/h2-8H,9,16H2,1H3,(H,17,18,19). The third-order valence-electron chi connectivity index (χ3n) is 3.26. The highest BCUT2D eigenvalue weighted by atomic mass is 16.1. The van der Waals surface area contributed by atoms with Crippen molar-refractivity contribution in [2.24, 2.45) is 5.84 Å². The van der Waals surface area contributed by atoms with Gasteiger partial charge in [-0.2, -0.15) is 4.98 Å². The number of fused-ring (bicyclic) bond motifs is 1. The lowest BCUT2D eigenvalue weighted by Gasteiger charge is -2.12. The highest BCUT2D eigenvalue weighted by Crippen LogP contribution is 2.12. The summed E-state index contributed by atoms with van der Waals surface area (Å²) in [6.07, 6.45) is 1.68. The van der Waals surface area contributed by atoms with Crippen molar-refractivity contribution < 1.29 is 0 Å². The van der Waals surface area contributed by atoms with Gasteiger partial charge >= 0.3 is 0 Å². The first kappa shape index (κ1) is 13.3. The minimum atomic E-state index is -0.159. The summed E-state index contributed by atoms with van der Waals surface area (Å²) >= 11 is 0. The van der Waals surface area contributed by atoms with Crippen molar-refractivity contribution in [2.45, 2.75) is 13.5 Å². The number of anilines is 1. The summed E-state index contributed by atoms with van der Waals surface area (Å²) in [5, 5.41) is 0.491. The molecule has 0 atom stereocenters. The van der Waals surface area contributed by atoms with Gasteiger partial charge in [0.1, 0.15) is 0 Å². The number of benzene rings is 1. The van der Waals surface area contributed by atoms with Gasteiger partial charge in [0.2, 0.25) is 5.95 Å². The SMILES string of the molecule is Cc1cnc2nc(NN)n(Cc3ccccc3)c(=O)c2c1. The van der Waals surface area contributed by atoms with Crippen molar-refractivity contribution in [3.63, 3.8) is 0 Å². The Bertz CT molecular complexity index is 842. The first-order chi connectivity index (χ1) is 10.2. The molecule has 0 spiro atoms. The molecule has 0 aliphatic rings. The van der Waals surface area contributed by atoms with Gasteiger partial charge in [-0.25, -0.2) is 10.8 Å². The Balaban J connectivity index is 2.20. The molecule has 2 aromatic heterocycles. The van der Waals surface area contributed by atoms with Crippen LogP contribution < -0.4 is 16.8 Å². The predicted molar refractivity (Wildman–Crippen MR) is 81.9 cm³/mol. The van der Waals surface area contributed by atoms with E-state index in [9.17, 15) is 4.79 Å². The molecule has 6 heteroatoms. The van der Waals surface area contributed by atoms with Crippen molar-refractivity contribution in [1.82, 2.24) is 14.5 Å². The van der Waals surface area contributed by atoms with Crippen LogP contribution in [0.1, 0.15) is 11.1 Å². The Morgan fingerprint density at radius 2 is 2.05 bits per heavy atom. The molecule has 1 aromatic carbocycles. The van der Waals surface area contributed by atoms with E-state index < -0.39 is 0 Å². The zero-order chi connectivity index (χ0) is 14.8. The lowest BCUT2D eigenvalue weighted by molar-refractivity contribution is 0.753. The summed E-state index contributed by atoms with van der Waals surface area (Å²) in [6, 6.07) is 11.5. The molecule has 0 saturated heterocycles. The number of pyridine rings is 1. The number of hydrogen-bond acceptors (Lipinski definition) is 5. The number of hydrogen-bond donors (Lipinski definition) is 2. The fourth-order valence-corrected chi connectivity index (χ4v) is 2.23. The molecule has 0 amide bonds. The third-order valence-corrected chi connectivity index (χ3v) is 3.26. The molecule has 3 N–H and O–H groups in total. The van der Waals surface area contributed by atoms with Crippen molar-refractivity contribution in [3.05, 3.63) is 64.1 Å². The van der Waals surface area contributed by atoms with Crippen molar-refractivity contribution in [3.8, 4) is 0 Å². The molecule has 0 fully saturated rings. The third kappa shape index (κ3) is 2.48. The summed E-state index contributed by atoms with van der Waals surface area (Å²) in [7, 11) is 0. The molecule has 21 heavy (non-hydrogen) atoms. The summed E-state index contributed by atoms with van der Waals surface area (Å²) in [5.74, 6) is 5.79. The average molecular weight is 281 g/mol. The molecule has 0 radical (unpaired) electrons. The van der Waals surface area contributed by atoms with Gasteiger partial charge in [-0.3, -0.25) is 14.8 Å². The number of aryl methyl sites for hydroxylation is 1. The van der Waals surface area contributed by atoms with E-state index in [0.29, 0.717) is 23.5 Å². The summed E-state index contributed by atoms with van der Waals surface area (Å²) < 4.78 is 1.51. The predicted octanol–water partition coefficient (Wildman–Crippen LogP) is 1.43. The lowest BCUT2D eigenvalue weighted by Crippen LogP contribution is -2.28. The number of aromatic nitrogens is 3. The number of nitrogen functional groups attached to an aromatic ring is 1. The van der Waals surface area contributed by atoms with E-state index in [2.05, 4.69) is 15.4 Å². The molecule has 6 nitrogen and oxygen atoms in total. The van der Waals surface area contributed by atoms with Crippen molar-refractivity contribution in [2.75, 3.05) is 5.43 Å². The minimum Gasteiger partial charge on any atom is -0.294 e. The van der Waals surface area contributed by atoms with Gasteiger partial charge in [0.15, 0.2) is 5.65 Å². The molecule has 0 saturated carbocycles. The van der Waals surface area contributed by atoms with E-state index in [4.69, 9.17) is 5.84 Å². The van der Waals surface area contributed by atoms with Crippen LogP contribution in [-0.2, 0) is 6.54 Å². The van der Waals surface area contributed by atoms with E-state index in [1.165, 1.54) is 4.57 Å². The molecule has 0 unspecified atom stereocenters. The van der Waals surface area contributed by atoms with E-state index in [0.717, 1.165) is 11.1 Å². The Morgan fingerprint density at radius 3 is 2.76 bits per heavy atom. The number of nitrogens with two attached hydrogens (primary N) is 1. The zero-order valence-electron chi connectivity index (χ0n) is 11.6. The van der Waals surface area contributed by atoms with Crippen LogP contribution in [0.3, 0.4) is 0 Å². The molecular formula is C15H15N5O. The highest BCUT2D eigenvalue weighted by Gasteiger charge is 2.11. The van der Waals surface area contributed by atoms with Gasteiger partial charge in [0.25, 0.3) is 5.56 Å². The average Bonchev–Trinajstić information content (AvgIpc) is 2.51. The van der Waals surface area contributed by atoms with Gasteiger partial charge in [0.05, 0.1) is 11.9 Å². The highest BCUT2D eigenvalue weighted by molar-refractivity contribution is 5.75. The van der Waals surface area contributed by atoms with Gasteiger partial charge in [-0.1, -0.05) is 30.3 Å². The smallest absolute Gasteiger partial charge is 0.264 e. The summed E-state index contributed by atoms with van der Waals surface area (Å²) in [6.45, 7) is 2.29. The monoisotopic (exact) mass is 281 g/mol. The topological polar surface area (TPSA) is 85.8 Å². The number of hydrazine groups is 1. The van der Waals surface area contributed by atoms with Crippen LogP contribution in [0.5, 0.6) is 0 Å². The van der Waals surface area contributed by atoms with Crippen LogP contribution >= 0.6 is 0 Å². The second kappa shape index (κ2) is 5.34. The fourth-order valence-electron chi connectivity index (χ4n) is 2.23. The van der Waals surface area contributed by atoms with E-state index in [1.54, 1.807) is 12.3 Å². The molecule has 2 heterocycles. The van der Waals surface area contributed by atoms with Gasteiger partial charge in [0, 0.05) is 6.20 Å². The number of rotatable bonds is 3. The maximum atomic E-state index is 12.7. The van der Waals surface area contributed by atoms with E-state index in [-0.39, 0.29) is 5.56 Å². The van der Waals surface area contributed by atoms with Crippen LogP contribution in [0.4, 0.5) is 5.95 Å². The molecule has 3 rings (SSSR count). The maximum absolute atomic E-state index is 12.7. The Kier molecular flexibility index (Phi) is 3.37. The summed E-state index contributed by atoms with van der Waals surface area (Å²) in [5.41, 5.74) is 4.62. The largest absolute Gasteiger partial charge is 0.294 e. The lowest BCUT2D eigenvalue weighted by atomic mass is 10.2. The van der Waals surface area contributed by atoms with Gasteiger partial charge in [-0.15, -0.1) is 0 Å². The Morgan fingerprint density at radius 1 is 1.29 bits per heavy atom.